The van der Waals surface area contributed by atoms with Gasteiger partial charge in [-0.3, -0.25) is 14.4 Å². The Kier molecular flexibility index (Phi) is 5.44. The molecule has 2 aliphatic heterocycles. The van der Waals surface area contributed by atoms with Crippen LogP contribution in [-0.4, -0.2) is 48.9 Å². The summed E-state index contributed by atoms with van der Waals surface area (Å²) in [4.78, 5) is 39.8. The fourth-order valence-electron chi connectivity index (χ4n) is 4.26. The van der Waals surface area contributed by atoms with Crippen LogP contribution in [0.25, 0.3) is 0 Å². The molecule has 2 atom stereocenters. The third-order valence-electron chi connectivity index (χ3n) is 5.96. The summed E-state index contributed by atoms with van der Waals surface area (Å²) >= 11 is 0. The third-order valence-corrected chi connectivity index (χ3v) is 5.96. The Morgan fingerprint density at radius 2 is 2.00 bits per heavy atom. The minimum atomic E-state index is -0.692. The van der Waals surface area contributed by atoms with E-state index in [0.29, 0.717) is 38.0 Å². The van der Waals surface area contributed by atoms with Gasteiger partial charge in [0.15, 0.2) is 0 Å². The Bertz CT molecular complexity index is 962. The maximum atomic E-state index is 12.7. The second-order valence-electron chi connectivity index (χ2n) is 7.92. The zero-order valence-electron chi connectivity index (χ0n) is 16.9. The molecule has 2 N–H and O–H groups in total. The number of methoxy groups -OCH3 is 1. The van der Waals surface area contributed by atoms with Gasteiger partial charge in [-0.05, 0) is 42.7 Å². The quantitative estimate of drug-likeness (QED) is 0.790. The molecule has 0 aromatic heterocycles. The first kappa shape index (κ1) is 19.9. The molecule has 30 heavy (non-hydrogen) atoms. The molecule has 4 rings (SSSR count). The highest BCUT2D eigenvalue weighted by atomic mass is 16.5. The van der Waals surface area contributed by atoms with Crippen molar-refractivity contribution >= 4 is 17.7 Å². The van der Waals surface area contributed by atoms with Gasteiger partial charge in [-0.25, -0.2) is 0 Å². The maximum absolute atomic E-state index is 12.7. The first-order valence-electron chi connectivity index (χ1n) is 10.1. The van der Waals surface area contributed by atoms with Gasteiger partial charge in [-0.1, -0.05) is 30.3 Å². The molecule has 7 heteroatoms. The largest absolute Gasteiger partial charge is 0.497 e. The standard InChI is InChI=1S/C23H25N3O4/c1-30-18-9-5-6-16(12-18)14-24-20(27)19-13-23(22(29)25-19)10-11-26(15-23)21(28)17-7-3-2-4-8-17/h2-9,12,19H,10-11,13-15H2,1H3,(H,24,27)(H,25,29). The van der Waals surface area contributed by atoms with E-state index >= 15 is 0 Å². The van der Waals surface area contributed by atoms with Crippen molar-refractivity contribution < 1.29 is 19.1 Å². The van der Waals surface area contributed by atoms with E-state index in [9.17, 15) is 14.4 Å². The SMILES string of the molecule is COc1cccc(CNC(=O)C2CC3(CCN(C(=O)c4ccccc4)C3)C(=O)N2)c1. The Morgan fingerprint density at radius 1 is 1.20 bits per heavy atom. The molecule has 2 heterocycles. The fourth-order valence-corrected chi connectivity index (χ4v) is 4.26. The lowest BCUT2D eigenvalue weighted by molar-refractivity contribution is -0.128. The van der Waals surface area contributed by atoms with Crippen molar-refractivity contribution in [3.05, 3.63) is 65.7 Å². The summed E-state index contributed by atoms with van der Waals surface area (Å²) in [6, 6.07) is 15.9. The van der Waals surface area contributed by atoms with E-state index in [1.165, 1.54) is 0 Å². The number of carbonyl (C=O) groups is 3. The molecule has 0 saturated carbocycles. The topological polar surface area (TPSA) is 87.7 Å². The van der Waals surface area contributed by atoms with Crippen LogP contribution in [0.3, 0.4) is 0 Å². The number of amides is 3. The lowest BCUT2D eigenvalue weighted by Crippen LogP contribution is -2.41. The van der Waals surface area contributed by atoms with Crippen LogP contribution in [0, 0.1) is 5.41 Å². The first-order valence-corrected chi connectivity index (χ1v) is 10.1. The first-order chi connectivity index (χ1) is 14.5. The van der Waals surface area contributed by atoms with Gasteiger partial charge >= 0.3 is 0 Å². The highest BCUT2D eigenvalue weighted by molar-refractivity contribution is 5.97. The summed E-state index contributed by atoms with van der Waals surface area (Å²) < 4.78 is 5.20. The zero-order valence-corrected chi connectivity index (χ0v) is 16.9. The van der Waals surface area contributed by atoms with E-state index in [4.69, 9.17) is 4.74 Å². The Balaban J connectivity index is 1.36. The molecular weight excluding hydrogens is 382 g/mol. The Labute approximate surface area is 175 Å². The minimum Gasteiger partial charge on any atom is -0.497 e. The zero-order chi connectivity index (χ0) is 21.1. The van der Waals surface area contributed by atoms with Crippen molar-refractivity contribution in [2.75, 3.05) is 20.2 Å². The number of likely N-dealkylation sites (tertiary alicyclic amines) is 1. The van der Waals surface area contributed by atoms with Crippen LogP contribution in [0.4, 0.5) is 0 Å². The van der Waals surface area contributed by atoms with Crippen LogP contribution in [0.5, 0.6) is 5.75 Å². The second-order valence-corrected chi connectivity index (χ2v) is 7.92. The van der Waals surface area contributed by atoms with E-state index in [0.717, 1.165) is 11.3 Å². The summed E-state index contributed by atoms with van der Waals surface area (Å²) in [5.74, 6) is 0.290. The molecule has 1 spiro atoms. The number of nitrogens with zero attached hydrogens (tertiary/aromatic N) is 1. The van der Waals surface area contributed by atoms with Gasteiger partial charge in [0.25, 0.3) is 5.91 Å². The van der Waals surface area contributed by atoms with E-state index in [-0.39, 0.29) is 17.7 Å². The van der Waals surface area contributed by atoms with Crippen molar-refractivity contribution in [3.8, 4) is 5.75 Å². The normalized spacial score (nSPS) is 22.8. The molecule has 2 unspecified atom stereocenters. The fraction of sp³-hybridized carbons (Fsp3) is 0.348. The molecule has 2 aliphatic rings. The number of hydrogen-bond donors (Lipinski definition) is 2. The maximum Gasteiger partial charge on any atom is 0.253 e. The minimum absolute atomic E-state index is 0.0776. The molecule has 3 amide bonds. The molecule has 2 fully saturated rings. The molecule has 0 aliphatic carbocycles. The molecule has 2 saturated heterocycles. The summed E-state index contributed by atoms with van der Waals surface area (Å²) in [7, 11) is 1.60. The van der Waals surface area contributed by atoms with Gasteiger partial charge in [-0.2, -0.15) is 0 Å². The molecule has 7 nitrogen and oxygen atoms in total. The van der Waals surface area contributed by atoms with Gasteiger partial charge < -0.3 is 20.3 Å². The van der Waals surface area contributed by atoms with Gasteiger partial charge in [0.2, 0.25) is 11.8 Å². The number of nitrogens with one attached hydrogen (secondary N) is 2. The number of carbonyl (C=O) groups excluding carboxylic acids is 3. The predicted octanol–water partition coefficient (Wildman–Crippen LogP) is 1.73. The second kappa shape index (κ2) is 8.18. The number of benzene rings is 2. The Morgan fingerprint density at radius 3 is 2.77 bits per heavy atom. The monoisotopic (exact) mass is 407 g/mol. The predicted molar refractivity (Wildman–Crippen MR) is 111 cm³/mol. The van der Waals surface area contributed by atoms with Gasteiger partial charge in [0, 0.05) is 25.2 Å². The molecular formula is C23H25N3O4. The molecule has 0 radical (unpaired) electrons. The van der Waals surface area contributed by atoms with Crippen molar-refractivity contribution in [3.63, 3.8) is 0 Å². The average Bonchev–Trinajstić information content (AvgIpc) is 3.36. The van der Waals surface area contributed by atoms with Crippen molar-refractivity contribution in [1.29, 1.82) is 0 Å². The van der Waals surface area contributed by atoms with Crippen LogP contribution < -0.4 is 15.4 Å². The van der Waals surface area contributed by atoms with Crippen LogP contribution in [0.2, 0.25) is 0 Å². The van der Waals surface area contributed by atoms with Crippen molar-refractivity contribution in [2.45, 2.75) is 25.4 Å². The lowest BCUT2D eigenvalue weighted by atomic mass is 9.84. The van der Waals surface area contributed by atoms with E-state index < -0.39 is 11.5 Å². The summed E-state index contributed by atoms with van der Waals surface area (Å²) in [5, 5.41) is 5.72. The van der Waals surface area contributed by atoms with Crippen LogP contribution in [0.15, 0.2) is 54.6 Å². The molecule has 156 valence electrons. The van der Waals surface area contributed by atoms with Crippen LogP contribution in [-0.2, 0) is 16.1 Å². The van der Waals surface area contributed by atoms with Crippen LogP contribution in [0.1, 0.15) is 28.8 Å². The number of ether oxygens (including phenoxy) is 1. The van der Waals surface area contributed by atoms with E-state index in [1.807, 2.05) is 42.5 Å². The van der Waals surface area contributed by atoms with Crippen LogP contribution >= 0.6 is 0 Å². The van der Waals surface area contributed by atoms with Gasteiger partial charge in [0.05, 0.1) is 12.5 Å². The molecule has 0 bridgehead atoms. The van der Waals surface area contributed by atoms with Crippen molar-refractivity contribution in [1.82, 2.24) is 15.5 Å². The highest BCUT2D eigenvalue weighted by Crippen LogP contribution is 2.40. The third kappa shape index (κ3) is 3.87. The molecule has 2 aromatic rings. The van der Waals surface area contributed by atoms with Crippen molar-refractivity contribution in [2.24, 2.45) is 5.41 Å². The van der Waals surface area contributed by atoms with Gasteiger partial charge in [0.1, 0.15) is 11.8 Å². The number of rotatable bonds is 5. The number of hydrogen-bond acceptors (Lipinski definition) is 4. The van der Waals surface area contributed by atoms with Gasteiger partial charge in [-0.15, -0.1) is 0 Å². The summed E-state index contributed by atoms with van der Waals surface area (Å²) in [5.41, 5.74) is 0.838. The lowest BCUT2D eigenvalue weighted by Gasteiger charge is -2.21. The highest BCUT2D eigenvalue weighted by Gasteiger charge is 2.53. The summed E-state index contributed by atoms with van der Waals surface area (Å²) in [6.45, 7) is 1.21. The Hall–Kier alpha value is -3.35. The smallest absolute Gasteiger partial charge is 0.253 e. The summed E-state index contributed by atoms with van der Waals surface area (Å²) in [6.07, 6.45) is 0.964. The molecule has 2 aromatic carbocycles. The van der Waals surface area contributed by atoms with E-state index in [2.05, 4.69) is 10.6 Å². The average molecular weight is 407 g/mol. The van der Waals surface area contributed by atoms with E-state index in [1.54, 1.807) is 24.1 Å².